The van der Waals surface area contributed by atoms with Crippen LogP contribution in [0, 0.1) is 0 Å². The normalized spacial score (nSPS) is 17.7. The molecule has 0 unspecified atom stereocenters. The Balaban J connectivity index is 1.31. The number of carbonyl (C=O) groups is 1. The number of carboxylic acids is 1. The SMILES string of the molecule is C[C@H](Oc1cnnc(-n2nc(C(F)(F)F)c3c2[C@@H](Oc2ccc(C(=O)O)cc2)CCC3)c1)c1ccc2c(c1)OC(F)(F)O2. The van der Waals surface area contributed by atoms with Gasteiger partial charge in [-0.1, -0.05) is 6.07 Å². The second-order valence-electron chi connectivity index (χ2n) is 9.83. The van der Waals surface area contributed by atoms with E-state index >= 15 is 0 Å². The van der Waals surface area contributed by atoms with Gasteiger partial charge in [-0.25, -0.2) is 9.48 Å². The third-order valence-corrected chi connectivity index (χ3v) is 6.91. The molecule has 3 heterocycles. The fourth-order valence-corrected chi connectivity index (χ4v) is 5.00. The Morgan fingerprint density at radius 2 is 1.84 bits per heavy atom. The minimum atomic E-state index is -4.76. The number of hydrogen-bond donors (Lipinski definition) is 1. The average molecular weight is 604 g/mol. The first-order valence-corrected chi connectivity index (χ1v) is 13.0. The lowest BCUT2D eigenvalue weighted by Gasteiger charge is -2.25. The van der Waals surface area contributed by atoms with E-state index in [9.17, 15) is 26.7 Å². The molecule has 2 aromatic carbocycles. The molecule has 10 nitrogen and oxygen atoms in total. The lowest BCUT2D eigenvalue weighted by Crippen LogP contribution is -2.25. The van der Waals surface area contributed by atoms with Crippen LogP contribution in [-0.2, 0) is 12.6 Å². The quantitative estimate of drug-likeness (QED) is 0.243. The lowest BCUT2D eigenvalue weighted by molar-refractivity contribution is -0.286. The molecule has 2 aliphatic rings. The molecular formula is C28H21F5N4O6. The predicted molar refractivity (Wildman–Crippen MR) is 136 cm³/mol. The molecule has 1 aliphatic carbocycles. The molecule has 15 heteroatoms. The summed E-state index contributed by atoms with van der Waals surface area (Å²) in [6.45, 7) is 1.63. The smallest absolute Gasteiger partial charge is 0.484 e. The van der Waals surface area contributed by atoms with E-state index in [-0.39, 0.29) is 52.1 Å². The van der Waals surface area contributed by atoms with Crippen LogP contribution >= 0.6 is 0 Å². The molecule has 0 saturated heterocycles. The van der Waals surface area contributed by atoms with Crippen LogP contribution in [0.1, 0.15) is 64.8 Å². The highest BCUT2D eigenvalue weighted by atomic mass is 19.4. The van der Waals surface area contributed by atoms with Gasteiger partial charge in [-0.3, -0.25) is 0 Å². The van der Waals surface area contributed by atoms with Crippen LogP contribution in [0.15, 0.2) is 54.7 Å². The van der Waals surface area contributed by atoms with E-state index in [1.54, 1.807) is 6.92 Å². The zero-order valence-corrected chi connectivity index (χ0v) is 22.1. The van der Waals surface area contributed by atoms with E-state index in [1.165, 1.54) is 54.7 Å². The highest BCUT2D eigenvalue weighted by Gasteiger charge is 2.44. The van der Waals surface area contributed by atoms with E-state index in [2.05, 4.69) is 24.8 Å². The van der Waals surface area contributed by atoms with Gasteiger partial charge in [0.1, 0.15) is 23.7 Å². The van der Waals surface area contributed by atoms with Crippen molar-refractivity contribution in [2.45, 2.75) is 50.9 Å². The van der Waals surface area contributed by atoms with Crippen molar-refractivity contribution in [2.75, 3.05) is 0 Å². The topological polar surface area (TPSA) is 118 Å². The highest BCUT2D eigenvalue weighted by Crippen LogP contribution is 2.43. The monoisotopic (exact) mass is 604 g/mol. The van der Waals surface area contributed by atoms with Gasteiger partial charge >= 0.3 is 18.4 Å². The van der Waals surface area contributed by atoms with Crippen LogP contribution in [0.3, 0.4) is 0 Å². The molecule has 0 spiro atoms. The summed E-state index contributed by atoms with van der Waals surface area (Å²) in [7, 11) is 0. The number of alkyl halides is 5. The fourth-order valence-electron chi connectivity index (χ4n) is 5.00. The van der Waals surface area contributed by atoms with Gasteiger partial charge in [0.25, 0.3) is 0 Å². The number of nitrogens with zero attached hydrogens (tertiary/aromatic N) is 4. The van der Waals surface area contributed by atoms with Gasteiger partial charge in [0.15, 0.2) is 23.0 Å². The molecule has 1 N–H and O–H groups in total. The molecule has 2 aromatic heterocycles. The van der Waals surface area contributed by atoms with Crippen molar-refractivity contribution in [2.24, 2.45) is 0 Å². The molecule has 6 rings (SSSR count). The second-order valence-corrected chi connectivity index (χ2v) is 9.83. The zero-order valence-electron chi connectivity index (χ0n) is 22.1. The predicted octanol–water partition coefficient (Wildman–Crippen LogP) is 6.30. The maximum absolute atomic E-state index is 14.1. The molecule has 0 bridgehead atoms. The van der Waals surface area contributed by atoms with Crippen molar-refractivity contribution in [3.8, 4) is 28.8 Å². The zero-order chi connectivity index (χ0) is 30.5. The van der Waals surface area contributed by atoms with E-state index in [4.69, 9.17) is 14.6 Å². The van der Waals surface area contributed by atoms with Crippen LogP contribution in [0.4, 0.5) is 22.0 Å². The molecule has 224 valence electrons. The molecule has 43 heavy (non-hydrogen) atoms. The molecule has 2 atom stereocenters. The van der Waals surface area contributed by atoms with Crippen molar-refractivity contribution in [3.63, 3.8) is 0 Å². The van der Waals surface area contributed by atoms with Gasteiger partial charge in [0.05, 0.1) is 17.5 Å². The number of rotatable bonds is 7. The van der Waals surface area contributed by atoms with E-state index < -0.39 is 36.3 Å². The molecule has 0 amide bonds. The highest BCUT2D eigenvalue weighted by molar-refractivity contribution is 5.87. The third-order valence-electron chi connectivity index (χ3n) is 6.91. The molecule has 0 fully saturated rings. The number of ether oxygens (including phenoxy) is 4. The molecule has 1 aliphatic heterocycles. The number of hydrogen-bond acceptors (Lipinski definition) is 8. The van der Waals surface area contributed by atoms with Crippen LogP contribution in [0.5, 0.6) is 23.0 Å². The van der Waals surface area contributed by atoms with E-state index in [0.717, 1.165) is 4.68 Å². The summed E-state index contributed by atoms with van der Waals surface area (Å²) >= 11 is 0. The summed E-state index contributed by atoms with van der Waals surface area (Å²) < 4.78 is 90.9. The largest absolute Gasteiger partial charge is 0.586 e. The summed E-state index contributed by atoms with van der Waals surface area (Å²) in [6, 6.07) is 11.0. The lowest BCUT2D eigenvalue weighted by atomic mass is 9.93. The Labute approximate surface area is 239 Å². The maximum atomic E-state index is 14.1. The number of fused-ring (bicyclic) bond motifs is 2. The third kappa shape index (κ3) is 5.61. The van der Waals surface area contributed by atoms with Gasteiger partial charge < -0.3 is 24.1 Å². The minimum absolute atomic E-state index is 0.0288. The summed E-state index contributed by atoms with van der Waals surface area (Å²) in [5.41, 5.74) is -0.491. The molecule has 0 radical (unpaired) electrons. The van der Waals surface area contributed by atoms with E-state index in [0.29, 0.717) is 18.4 Å². The second kappa shape index (κ2) is 10.4. The Bertz CT molecular complexity index is 1690. The van der Waals surface area contributed by atoms with Crippen LogP contribution < -0.4 is 18.9 Å². The van der Waals surface area contributed by atoms with Crippen molar-refractivity contribution < 1.29 is 50.8 Å². The Hall–Kier alpha value is -4.95. The first-order valence-electron chi connectivity index (χ1n) is 13.0. The van der Waals surface area contributed by atoms with E-state index in [1.807, 2.05) is 0 Å². The fraction of sp³-hybridized carbons (Fsp3) is 0.286. The maximum Gasteiger partial charge on any atom is 0.586 e. The average Bonchev–Trinajstić information content (AvgIpc) is 3.50. The summed E-state index contributed by atoms with van der Waals surface area (Å²) in [5.74, 6) is -1.11. The number of halogens is 5. The molecule has 0 saturated carbocycles. The number of benzene rings is 2. The standard InChI is InChI=1S/C28H21F5N4O6/c1-14(16-7-10-20-22(11-16)43-28(32,33)42-20)40-18-12-23(35-34-13-18)37-24-19(25(36-37)27(29,30)31)3-2-4-21(24)41-17-8-5-15(6-9-17)26(38)39/h5-14,21H,2-4H2,1H3,(H,38,39)/t14-,21-/m0/s1. The van der Waals surface area contributed by atoms with Crippen LogP contribution in [0.25, 0.3) is 5.82 Å². The summed E-state index contributed by atoms with van der Waals surface area (Å²) in [6.07, 6.45) is -8.01. The van der Waals surface area contributed by atoms with Crippen molar-refractivity contribution in [1.29, 1.82) is 0 Å². The number of carboxylic acid groups (broad SMARTS) is 1. The van der Waals surface area contributed by atoms with Gasteiger partial charge in [-0.05, 0) is 68.1 Å². The first-order chi connectivity index (χ1) is 20.4. The van der Waals surface area contributed by atoms with Gasteiger partial charge in [0.2, 0.25) is 0 Å². The van der Waals surface area contributed by atoms with Gasteiger partial charge in [-0.2, -0.15) is 23.4 Å². The number of aromatic nitrogens is 4. The van der Waals surface area contributed by atoms with Crippen molar-refractivity contribution in [1.82, 2.24) is 20.0 Å². The molecule has 4 aromatic rings. The Kier molecular flexibility index (Phi) is 6.81. The Morgan fingerprint density at radius 1 is 1.09 bits per heavy atom. The molecular weight excluding hydrogens is 583 g/mol. The van der Waals surface area contributed by atoms with Crippen LogP contribution in [-0.4, -0.2) is 37.3 Å². The van der Waals surface area contributed by atoms with Gasteiger partial charge in [-0.15, -0.1) is 13.9 Å². The summed E-state index contributed by atoms with van der Waals surface area (Å²) in [5, 5.41) is 20.9. The summed E-state index contributed by atoms with van der Waals surface area (Å²) in [4.78, 5) is 11.2. The van der Waals surface area contributed by atoms with Crippen molar-refractivity contribution in [3.05, 3.63) is 82.8 Å². The van der Waals surface area contributed by atoms with Gasteiger partial charge in [0, 0.05) is 11.6 Å². The number of aromatic carboxylic acids is 1. The Morgan fingerprint density at radius 3 is 2.56 bits per heavy atom. The first kappa shape index (κ1) is 28.2. The van der Waals surface area contributed by atoms with Crippen molar-refractivity contribution >= 4 is 5.97 Å². The minimum Gasteiger partial charge on any atom is -0.484 e. The van der Waals surface area contributed by atoms with Crippen LogP contribution in [0.2, 0.25) is 0 Å².